The molecule has 2 aliphatic heterocycles. The first-order valence-corrected chi connectivity index (χ1v) is 10.6. The fraction of sp³-hybridized carbons (Fsp3) is 0.478. The van der Waals surface area contributed by atoms with E-state index in [0.717, 1.165) is 19.3 Å². The third-order valence-corrected chi connectivity index (χ3v) is 5.82. The molecule has 1 atom stereocenters. The molecule has 0 spiro atoms. The Hall–Kier alpha value is -2.27. The second-order valence-corrected chi connectivity index (χ2v) is 8.66. The summed E-state index contributed by atoms with van der Waals surface area (Å²) in [5.41, 5.74) is 0.728. The lowest BCUT2D eigenvalue weighted by atomic mass is 9.89. The summed E-state index contributed by atoms with van der Waals surface area (Å²) in [6, 6.07) is 0. The molecule has 1 aromatic heterocycles. The molecule has 4 rings (SSSR count). The molecule has 2 aromatic rings. The van der Waals surface area contributed by atoms with Gasteiger partial charge in [0.1, 0.15) is 33.8 Å². The molecule has 0 N–H and O–H groups in total. The van der Waals surface area contributed by atoms with Crippen LogP contribution in [0, 0.1) is 0 Å². The van der Waals surface area contributed by atoms with E-state index < -0.39 is 11.2 Å². The van der Waals surface area contributed by atoms with Crippen LogP contribution in [0.5, 0.6) is 11.5 Å². The predicted octanol–water partition coefficient (Wildman–Crippen LogP) is 5.72. The molecule has 0 saturated heterocycles. The lowest BCUT2D eigenvalue weighted by molar-refractivity contribution is 0.0836. The highest BCUT2D eigenvalue weighted by Crippen LogP contribution is 2.49. The standard InChI is InChI=1S/C23H25ClO5/c1-5-7-12-11-15(25)17-19(27-12)14-9-10-23(3,4)29-20(14)16-13(8-6-2)18(24)22(26)28-21(16)17/h9-10,12H,5-8,11H2,1-4H3. The Morgan fingerprint density at radius 2 is 1.93 bits per heavy atom. The predicted molar refractivity (Wildman–Crippen MR) is 114 cm³/mol. The van der Waals surface area contributed by atoms with Crippen LogP contribution in [-0.2, 0) is 6.42 Å². The molecule has 1 aromatic carbocycles. The van der Waals surface area contributed by atoms with Crippen LogP contribution in [0.1, 0.15) is 74.9 Å². The molecular weight excluding hydrogens is 392 g/mol. The second-order valence-electron chi connectivity index (χ2n) is 8.28. The largest absolute Gasteiger partial charge is 0.488 e. The molecule has 1 unspecified atom stereocenters. The van der Waals surface area contributed by atoms with E-state index >= 15 is 0 Å². The minimum Gasteiger partial charge on any atom is -0.488 e. The zero-order valence-corrected chi connectivity index (χ0v) is 17.9. The zero-order valence-electron chi connectivity index (χ0n) is 17.2. The Labute approximate surface area is 174 Å². The van der Waals surface area contributed by atoms with Crippen LogP contribution in [0.2, 0.25) is 5.02 Å². The number of aryl methyl sites for hydroxylation is 1. The van der Waals surface area contributed by atoms with Gasteiger partial charge in [0, 0.05) is 6.42 Å². The summed E-state index contributed by atoms with van der Waals surface area (Å²) in [7, 11) is 0. The molecule has 0 bridgehead atoms. The van der Waals surface area contributed by atoms with Crippen molar-refractivity contribution in [1.82, 2.24) is 0 Å². The summed E-state index contributed by atoms with van der Waals surface area (Å²) in [5, 5.41) is 0.652. The summed E-state index contributed by atoms with van der Waals surface area (Å²) in [6.45, 7) is 7.96. The number of rotatable bonds is 4. The molecular formula is C23H25ClO5. The van der Waals surface area contributed by atoms with Gasteiger partial charge in [0.05, 0.1) is 10.9 Å². The monoisotopic (exact) mass is 416 g/mol. The van der Waals surface area contributed by atoms with Gasteiger partial charge in [-0.3, -0.25) is 4.79 Å². The maximum Gasteiger partial charge on any atom is 0.355 e. The number of carbonyl (C=O) groups excluding carboxylic acids is 1. The number of Topliss-reactive ketones (excluding diaryl/α,β-unsaturated/α-hetero) is 1. The van der Waals surface area contributed by atoms with Gasteiger partial charge in [-0.15, -0.1) is 0 Å². The smallest absolute Gasteiger partial charge is 0.355 e. The zero-order chi connectivity index (χ0) is 20.9. The van der Waals surface area contributed by atoms with Crippen molar-refractivity contribution in [2.24, 2.45) is 0 Å². The fourth-order valence-corrected chi connectivity index (χ4v) is 4.38. The molecule has 0 aliphatic carbocycles. The number of fused-ring (bicyclic) bond motifs is 6. The van der Waals surface area contributed by atoms with Gasteiger partial charge in [0.2, 0.25) is 0 Å². The van der Waals surface area contributed by atoms with Gasteiger partial charge in [-0.2, -0.15) is 0 Å². The van der Waals surface area contributed by atoms with Crippen molar-refractivity contribution in [3.8, 4) is 11.5 Å². The number of ketones is 1. The molecule has 5 nitrogen and oxygen atoms in total. The Morgan fingerprint density at radius 3 is 2.62 bits per heavy atom. The van der Waals surface area contributed by atoms with E-state index in [1.54, 1.807) is 0 Å². The highest BCUT2D eigenvalue weighted by Gasteiger charge is 2.37. The minimum absolute atomic E-state index is 0.0468. The highest BCUT2D eigenvalue weighted by atomic mass is 35.5. The number of hydrogen-bond acceptors (Lipinski definition) is 5. The van der Waals surface area contributed by atoms with Gasteiger partial charge >= 0.3 is 5.63 Å². The van der Waals surface area contributed by atoms with E-state index in [1.165, 1.54) is 0 Å². The lowest BCUT2D eigenvalue weighted by Crippen LogP contribution is -2.31. The first-order chi connectivity index (χ1) is 13.8. The van der Waals surface area contributed by atoms with Gasteiger partial charge in [0.15, 0.2) is 11.4 Å². The number of benzene rings is 1. The molecule has 0 saturated carbocycles. The van der Waals surface area contributed by atoms with Gasteiger partial charge in [-0.25, -0.2) is 4.79 Å². The van der Waals surface area contributed by atoms with E-state index in [2.05, 4.69) is 6.92 Å². The molecule has 29 heavy (non-hydrogen) atoms. The Kier molecular flexibility index (Phi) is 4.97. The van der Waals surface area contributed by atoms with Crippen LogP contribution in [0.15, 0.2) is 15.3 Å². The Balaban J connectivity index is 2.13. The maximum absolute atomic E-state index is 13.1. The molecule has 2 aliphatic rings. The van der Waals surface area contributed by atoms with E-state index in [-0.39, 0.29) is 28.9 Å². The third-order valence-electron chi connectivity index (χ3n) is 5.44. The summed E-state index contributed by atoms with van der Waals surface area (Å²) in [4.78, 5) is 25.6. The van der Waals surface area contributed by atoms with Crippen LogP contribution in [0.25, 0.3) is 17.0 Å². The third kappa shape index (κ3) is 3.25. The van der Waals surface area contributed by atoms with Gasteiger partial charge < -0.3 is 13.9 Å². The molecule has 0 amide bonds. The van der Waals surface area contributed by atoms with E-state index in [9.17, 15) is 9.59 Å². The normalized spacial score (nSPS) is 19.5. The van der Waals surface area contributed by atoms with Gasteiger partial charge in [-0.05, 0) is 44.4 Å². The van der Waals surface area contributed by atoms with Crippen molar-refractivity contribution in [3.05, 3.63) is 38.2 Å². The second kappa shape index (κ2) is 7.21. The Bertz CT molecular complexity index is 1090. The molecule has 6 heteroatoms. The lowest BCUT2D eigenvalue weighted by Gasteiger charge is -2.33. The number of halogens is 1. The molecule has 0 fully saturated rings. The van der Waals surface area contributed by atoms with Crippen LogP contribution < -0.4 is 15.1 Å². The highest BCUT2D eigenvalue weighted by molar-refractivity contribution is 6.32. The van der Waals surface area contributed by atoms with E-state index in [4.69, 9.17) is 25.5 Å². The van der Waals surface area contributed by atoms with Crippen molar-refractivity contribution < 1.29 is 18.7 Å². The summed E-state index contributed by atoms with van der Waals surface area (Å²) < 4.78 is 18.1. The molecule has 0 radical (unpaired) electrons. The quantitative estimate of drug-likeness (QED) is 0.596. The molecule has 3 heterocycles. The van der Waals surface area contributed by atoms with Crippen molar-refractivity contribution >= 4 is 34.4 Å². The minimum atomic E-state index is -0.640. The van der Waals surface area contributed by atoms with Crippen molar-refractivity contribution in [2.45, 2.75) is 71.5 Å². The summed E-state index contributed by atoms with van der Waals surface area (Å²) in [5.74, 6) is 0.927. The maximum atomic E-state index is 13.1. The van der Waals surface area contributed by atoms with Crippen LogP contribution in [-0.4, -0.2) is 17.5 Å². The SMILES string of the molecule is CCCc1c(Cl)c(=O)oc2c3c(c4c(c12)OC(C)(C)C=C4)OC(CCC)CC3=O. The topological polar surface area (TPSA) is 65.7 Å². The number of carbonyl (C=O) groups is 1. The van der Waals surface area contributed by atoms with Crippen molar-refractivity contribution in [1.29, 1.82) is 0 Å². The van der Waals surface area contributed by atoms with Crippen LogP contribution in [0.3, 0.4) is 0 Å². The number of ether oxygens (including phenoxy) is 2. The van der Waals surface area contributed by atoms with Gasteiger partial charge in [-0.1, -0.05) is 38.3 Å². The first kappa shape index (κ1) is 20.0. The number of hydrogen-bond donors (Lipinski definition) is 0. The summed E-state index contributed by atoms with van der Waals surface area (Å²) in [6.07, 6.45) is 7.00. The molecule has 154 valence electrons. The van der Waals surface area contributed by atoms with Crippen molar-refractivity contribution in [3.63, 3.8) is 0 Å². The van der Waals surface area contributed by atoms with E-state index in [1.807, 2.05) is 32.9 Å². The fourth-order valence-electron chi connectivity index (χ4n) is 4.15. The first-order valence-electron chi connectivity index (χ1n) is 10.2. The van der Waals surface area contributed by atoms with E-state index in [0.29, 0.717) is 40.0 Å². The average Bonchev–Trinajstić information content (AvgIpc) is 2.64. The van der Waals surface area contributed by atoms with Gasteiger partial charge in [0.25, 0.3) is 0 Å². The average molecular weight is 417 g/mol. The summed E-state index contributed by atoms with van der Waals surface area (Å²) >= 11 is 6.35. The van der Waals surface area contributed by atoms with Crippen LogP contribution in [0.4, 0.5) is 0 Å². The van der Waals surface area contributed by atoms with Crippen molar-refractivity contribution in [2.75, 3.05) is 0 Å². The Morgan fingerprint density at radius 1 is 1.17 bits per heavy atom. The van der Waals surface area contributed by atoms with Crippen LogP contribution >= 0.6 is 11.6 Å².